The van der Waals surface area contributed by atoms with Gasteiger partial charge in [0.15, 0.2) is 0 Å². The first-order valence-electron chi connectivity index (χ1n) is 9.97. The van der Waals surface area contributed by atoms with Crippen molar-refractivity contribution in [3.05, 3.63) is 65.0 Å². The van der Waals surface area contributed by atoms with Crippen LogP contribution in [0.1, 0.15) is 0 Å². The summed E-state index contributed by atoms with van der Waals surface area (Å²) in [5, 5.41) is 15.6. The fraction of sp³-hybridized carbons (Fsp3) is 0.227. The zero-order valence-corrected chi connectivity index (χ0v) is 16.9. The average Bonchev–Trinajstić information content (AvgIpc) is 3.20. The quantitative estimate of drug-likeness (QED) is 0.371. The molecular formula is C22H20N6O3. The summed E-state index contributed by atoms with van der Waals surface area (Å²) in [6.07, 6.45) is 3.75. The number of ether oxygens (including phenoxy) is 1. The highest BCUT2D eigenvalue weighted by molar-refractivity contribution is 5.87. The summed E-state index contributed by atoms with van der Waals surface area (Å²) < 4.78 is 7.17. The number of aromatic nitrogens is 4. The number of rotatable bonds is 4. The van der Waals surface area contributed by atoms with Gasteiger partial charge in [-0.15, -0.1) is 0 Å². The third-order valence-corrected chi connectivity index (χ3v) is 5.36. The number of aryl methyl sites for hydroxylation is 1. The molecule has 0 N–H and O–H groups in total. The van der Waals surface area contributed by atoms with E-state index in [1.807, 2.05) is 31.4 Å². The fourth-order valence-corrected chi connectivity index (χ4v) is 3.77. The van der Waals surface area contributed by atoms with Gasteiger partial charge in [0.25, 0.3) is 5.69 Å². The van der Waals surface area contributed by atoms with Crippen LogP contribution in [0.25, 0.3) is 33.4 Å². The van der Waals surface area contributed by atoms with Crippen LogP contribution in [0.4, 0.5) is 11.5 Å². The Morgan fingerprint density at radius 2 is 1.77 bits per heavy atom. The Balaban J connectivity index is 1.55. The van der Waals surface area contributed by atoms with Crippen molar-refractivity contribution in [3.63, 3.8) is 0 Å². The summed E-state index contributed by atoms with van der Waals surface area (Å²) in [6.45, 7) is 2.97. The van der Waals surface area contributed by atoms with E-state index in [-0.39, 0.29) is 5.69 Å². The Hall–Kier alpha value is -3.85. The molecule has 9 nitrogen and oxygen atoms in total. The number of benzene rings is 2. The molecule has 1 aliphatic rings. The molecule has 0 unspecified atom stereocenters. The van der Waals surface area contributed by atoms with Gasteiger partial charge in [-0.2, -0.15) is 5.10 Å². The molecular weight excluding hydrogens is 396 g/mol. The van der Waals surface area contributed by atoms with E-state index in [4.69, 9.17) is 9.72 Å². The van der Waals surface area contributed by atoms with Gasteiger partial charge < -0.3 is 9.64 Å². The van der Waals surface area contributed by atoms with Crippen LogP contribution in [-0.4, -0.2) is 51.0 Å². The summed E-state index contributed by atoms with van der Waals surface area (Å²) in [5.74, 6) is 0.842. The van der Waals surface area contributed by atoms with Crippen molar-refractivity contribution in [1.29, 1.82) is 0 Å². The number of morpholine rings is 1. The first kappa shape index (κ1) is 19.1. The van der Waals surface area contributed by atoms with Gasteiger partial charge in [0.1, 0.15) is 11.5 Å². The smallest absolute Gasteiger partial charge is 0.269 e. The molecule has 1 fully saturated rings. The van der Waals surface area contributed by atoms with Gasteiger partial charge in [-0.1, -0.05) is 6.07 Å². The number of hydrogen-bond donors (Lipinski definition) is 0. The second-order valence-corrected chi connectivity index (χ2v) is 7.40. The lowest BCUT2D eigenvalue weighted by atomic mass is 10.0. The molecule has 1 aliphatic heterocycles. The lowest BCUT2D eigenvalue weighted by molar-refractivity contribution is -0.384. The second-order valence-electron chi connectivity index (χ2n) is 7.40. The van der Waals surface area contributed by atoms with E-state index in [1.54, 1.807) is 23.0 Å². The largest absolute Gasteiger partial charge is 0.378 e. The van der Waals surface area contributed by atoms with Crippen LogP contribution in [0, 0.1) is 10.1 Å². The Labute approximate surface area is 178 Å². The lowest BCUT2D eigenvalue weighted by Crippen LogP contribution is -2.36. The number of nitro groups is 1. The minimum atomic E-state index is -0.406. The van der Waals surface area contributed by atoms with Crippen LogP contribution >= 0.6 is 0 Å². The van der Waals surface area contributed by atoms with Crippen LogP contribution in [0.3, 0.4) is 0 Å². The first-order valence-corrected chi connectivity index (χ1v) is 9.97. The first-order chi connectivity index (χ1) is 15.1. The normalized spacial score (nSPS) is 14.2. The van der Waals surface area contributed by atoms with Crippen LogP contribution in [0.2, 0.25) is 0 Å². The van der Waals surface area contributed by atoms with Crippen molar-refractivity contribution < 1.29 is 9.66 Å². The molecule has 5 rings (SSSR count). The maximum absolute atomic E-state index is 11.0. The van der Waals surface area contributed by atoms with E-state index in [2.05, 4.69) is 15.0 Å². The molecule has 2 aromatic carbocycles. The van der Waals surface area contributed by atoms with E-state index in [9.17, 15) is 10.1 Å². The molecule has 0 saturated carbocycles. The zero-order valence-electron chi connectivity index (χ0n) is 16.9. The molecule has 0 amide bonds. The highest BCUT2D eigenvalue weighted by Crippen LogP contribution is 2.33. The van der Waals surface area contributed by atoms with Gasteiger partial charge in [0.2, 0.25) is 0 Å². The number of nitro benzene ring substituents is 1. The van der Waals surface area contributed by atoms with E-state index in [0.29, 0.717) is 13.2 Å². The van der Waals surface area contributed by atoms with Crippen molar-refractivity contribution in [2.24, 2.45) is 7.05 Å². The lowest BCUT2D eigenvalue weighted by Gasteiger charge is -2.27. The third kappa shape index (κ3) is 3.71. The summed E-state index contributed by atoms with van der Waals surface area (Å²) in [6, 6.07) is 12.4. The summed E-state index contributed by atoms with van der Waals surface area (Å²) >= 11 is 0. The topological polar surface area (TPSA) is 99.2 Å². The maximum atomic E-state index is 11.0. The van der Waals surface area contributed by atoms with Crippen LogP contribution < -0.4 is 4.90 Å². The minimum absolute atomic E-state index is 0.0536. The van der Waals surface area contributed by atoms with Crippen molar-refractivity contribution in [1.82, 2.24) is 19.7 Å². The summed E-state index contributed by atoms with van der Waals surface area (Å²) in [7, 11) is 1.86. The fourth-order valence-electron chi connectivity index (χ4n) is 3.77. The molecule has 0 bridgehead atoms. The van der Waals surface area contributed by atoms with Gasteiger partial charge in [-0.25, -0.2) is 4.98 Å². The molecule has 0 radical (unpaired) electrons. The summed E-state index contributed by atoms with van der Waals surface area (Å²) in [5.41, 5.74) is 5.14. The average molecular weight is 416 g/mol. The molecule has 0 spiro atoms. The van der Waals surface area contributed by atoms with Crippen LogP contribution in [0.5, 0.6) is 0 Å². The predicted molar refractivity (Wildman–Crippen MR) is 117 cm³/mol. The monoisotopic (exact) mass is 416 g/mol. The summed E-state index contributed by atoms with van der Waals surface area (Å²) in [4.78, 5) is 22.1. The van der Waals surface area contributed by atoms with Gasteiger partial charge in [0.05, 0.1) is 35.4 Å². The van der Waals surface area contributed by atoms with Crippen LogP contribution in [-0.2, 0) is 11.8 Å². The van der Waals surface area contributed by atoms with Crippen molar-refractivity contribution in [2.75, 3.05) is 31.2 Å². The standard InChI is InChI=1S/C22H20N6O3/c1-26-14-18(22(25-26)15-2-5-17(6-3-15)28(29)30)16-4-7-19-20(12-16)24-21(13-23-19)27-8-10-31-11-9-27/h2-7,12-14H,8-11H2,1H3. The number of hydrogen-bond acceptors (Lipinski definition) is 7. The Kier molecular flexibility index (Phi) is 4.79. The molecule has 9 heteroatoms. The molecule has 3 heterocycles. The maximum Gasteiger partial charge on any atom is 0.269 e. The Morgan fingerprint density at radius 1 is 1.03 bits per heavy atom. The second kappa shape index (κ2) is 7.77. The zero-order chi connectivity index (χ0) is 21.4. The predicted octanol–water partition coefficient (Wildman–Crippen LogP) is 3.44. The molecule has 0 aliphatic carbocycles. The molecule has 1 saturated heterocycles. The Morgan fingerprint density at radius 3 is 2.52 bits per heavy atom. The molecule has 31 heavy (non-hydrogen) atoms. The number of non-ortho nitro benzene ring substituents is 1. The van der Waals surface area contributed by atoms with Gasteiger partial charge in [-0.3, -0.25) is 19.8 Å². The van der Waals surface area contributed by atoms with Crippen molar-refractivity contribution in [2.45, 2.75) is 0 Å². The van der Waals surface area contributed by atoms with E-state index < -0.39 is 4.92 Å². The van der Waals surface area contributed by atoms with Crippen LogP contribution in [0.15, 0.2) is 54.9 Å². The van der Waals surface area contributed by atoms with Crippen molar-refractivity contribution >= 4 is 22.5 Å². The molecule has 4 aromatic rings. The molecule has 0 atom stereocenters. The van der Waals surface area contributed by atoms with Gasteiger partial charge in [-0.05, 0) is 29.8 Å². The Bertz CT molecular complexity index is 1260. The highest BCUT2D eigenvalue weighted by atomic mass is 16.6. The number of fused-ring (bicyclic) bond motifs is 1. The van der Waals surface area contributed by atoms with Crippen molar-refractivity contribution in [3.8, 4) is 22.4 Å². The van der Waals surface area contributed by atoms with E-state index in [0.717, 1.165) is 52.3 Å². The number of nitrogens with zero attached hydrogens (tertiary/aromatic N) is 6. The SMILES string of the molecule is Cn1cc(-c2ccc3ncc(N4CCOCC4)nc3c2)c(-c2ccc([N+](=O)[O-])cc2)n1. The minimum Gasteiger partial charge on any atom is -0.378 e. The molecule has 156 valence electrons. The highest BCUT2D eigenvalue weighted by Gasteiger charge is 2.16. The van der Waals surface area contributed by atoms with E-state index >= 15 is 0 Å². The molecule has 2 aromatic heterocycles. The number of anilines is 1. The van der Waals surface area contributed by atoms with Gasteiger partial charge in [0, 0.05) is 49.6 Å². The van der Waals surface area contributed by atoms with Gasteiger partial charge >= 0.3 is 0 Å². The third-order valence-electron chi connectivity index (χ3n) is 5.36. The van der Waals surface area contributed by atoms with E-state index in [1.165, 1.54) is 12.1 Å².